The molecule has 0 spiro atoms. The van der Waals surface area contributed by atoms with Gasteiger partial charge in [0.25, 0.3) is 0 Å². The molecule has 1 aliphatic rings. The fourth-order valence-corrected chi connectivity index (χ4v) is 2.67. The van der Waals surface area contributed by atoms with Crippen molar-refractivity contribution in [2.24, 2.45) is 0 Å². The van der Waals surface area contributed by atoms with Crippen molar-refractivity contribution in [1.29, 1.82) is 0 Å². The number of anilines is 2. The van der Waals surface area contributed by atoms with Crippen molar-refractivity contribution in [3.8, 4) is 5.88 Å². The number of hydrogen-bond donors (Lipinski definition) is 2. The van der Waals surface area contributed by atoms with Gasteiger partial charge in [0.2, 0.25) is 5.88 Å². The molecule has 0 fully saturated rings. The third-order valence-corrected chi connectivity index (χ3v) is 3.66. The normalized spacial score (nSPS) is 16.5. The van der Waals surface area contributed by atoms with Gasteiger partial charge in [0.1, 0.15) is 12.1 Å². The first-order valence-electron chi connectivity index (χ1n) is 7.36. The van der Waals surface area contributed by atoms with Crippen LogP contribution >= 0.6 is 0 Å². The zero-order chi connectivity index (χ0) is 14.7. The fourth-order valence-electron chi connectivity index (χ4n) is 2.67. The van der Waals surface area contributed by atoms with Crippen LogP contribution in [0, 0.1) is 0 Å². The first-order chi connectivity index (χ1) is 10.3. The molecule has 0 radical (unpaired) electrons. The number of nitrogens with zero attached hydrogens (tertiary/aromatic N) is 2. The van der Waals surface area contributed by atoms with Gasteiger partial charge in [-0.2, -0.15) is 0 Å². The SMILES string of the molecule is CCCOc1cc(NC2CCc3cc(N)ccc32)ncn1. The number of aromatic nitrogens is 2. The maximum absolute atomic E-state index is 5.84. The highest BCUT2D eigenvalue weighted by atomic mass is 16.5. The molecular formula is C16H20N4O. The minimum absolute atomic E-state index is 0.273. The van der Waals surface area contributed by atoms with E-state index in [1.54, 1.807) is 0 Å². The van der Waals surface area contributed by atoms with E-state index in [1.165, 1.54) is 17.5 Å². The summed E-state index contributed by atoms with van der Waals surface area (Å²) in [5.74, 6) is 1.41. The van der Waals surface area contributed by atoms with E-state index in [2.05, 4.69) is 34.3 Å². The van der Waals surface area contributed by atoms with E-state index >= 15 is 0 Å². The lowest BCUT2D eigenvalue weighted by Crippen LogP contribution is -2.09. The standard InChI is InChI=1S/C16H20N4O/c1-2-7-21-16-9-15(18-10-19-16)20-14-6-3-11-8-12(17)4-5-13(11)14/h4-5,8-10,14H,2-3,6-7,17H2,1H3,(H,18,19,20). The van der Waals surface area contributed by atoms with E-state index < -0.39 is 0 Å². The van der Waals surface area contributed by atoms with Gasteiger partial charge >= 0.3 is 0 Å². The Morgan fingerprint density at radius 2 is 2.24 bits per heavy atom. The number of nitrogens with two attached hydrogens (primary N) is 1. The van der Waals surface area contributed by atoms with Crippen LogP contribution in [-0.4, -0.2) is 16.6 Å². The molecule has 1 heterocycles. The Kier molecular flexibility index (Phi) is 3.90. The Morgan fingerprint density at radius 3 is 3.10 bits per heavy atom. The first kappa shape index (κ1) is 13.7. The molecule has 3 rings (SSSR count). The van der Waals surface area contributed by atoms with Gasteiger partial charge in [-0.25, -0.2) is 9.97 Å². The Morgan fingerprint density at radius 1 is 1.33 bits per heavy atom. The lowest BCUT2D eigenvalue weighted by Gasteiger charge is -2.15. The maximum Gasteiger partial charge on any atom is 0.218 e. The second-order valence-corrected chi connectivity index (χ2v) is 5.28. The number of aryl methyl sites for hydroxylation is 1. The lowest BCUT2D eigenvalue weighted by molar-refractivity contribution is 0.305. The van der Waals surface area contributed by atoms with Crippen LogP contribution in [0.5, 0.6) is 5.88 Å². The summed E-state index contributed by atoms with van der Waals surface area (Å²) >= 11 is 0. The molecule has 5 heteroatoms. The van der Waals surface area contributed by atoms with Crippen molar-refractivity contribution in [2.75, 3.05) is 17.7 Å². The van der Waals surface area contributed by atoms with Gasteiger partial charge in [0.15, 0.2) is 0 Å². The lowest BCUT2D eigenvalue weighted by atomic mass is 10.1. The number of ether oxygens (including phenoxy) is 1. The fraction of sp³-hybridized carbons (Fsp3) is 0.375. The van der Waals surface area contributed by atoms with Gasteiger partial charge in [-0.15, -0.1) is 0 Å². The maximum atomic E-state index is 5.84. The Bertz CT molecular complexity index is 629. The average molecular weight is 284 g/mol. The van der Waals surface area contributed by atoms with Crippen LogP contribution in [-0.2, 0) is 6.42 Å². The molecule has 0 saturated carbocycles. The Balaban J connectivity index is 1.73. The minimum atomic E-state index is 0.273. The molecular weight excluding hydrogens is 264 g/mol. The predicted octanol–water partition coefficient (Wildman–Crippen LogP) is 2.95. The summed E-state index contributed by atoms with van der Waals surface area (Å²) < 4.78 is 5.54. The second-order valence-electron chi connectivity index (χ2n) is 5.28. The van der Waals surface area contributed by atoms with Gasteiger partial charge in [0, 0.05) is 11.8 Å². The molecule has 0 saturated heterocycles. The number of hydrogen-bond acceptors (Lipinski definition) is 5. The van der Waals surface area contributed by atoms with E-state index in [0.717, 1.165) is 30.8 Å². The predicted molar refractivity (Wildman–Crippen MR) is 83.4 cm³/mol. The van der Waals surface area contributed by atoms with Gasteiger partial charge in [-0.05, 0) is 42.5 Å². The van der Waals surface area contributed by atoms with Crippen LogP contribution in [0.1, 0.15) is 36.9 Å². The van der Waals surface area contributed by atoms with E-state index in [1.807, 2.05) is 12.1 Å². The number of fused-ring (bicyclic) bond motifs is 1. The monoisotopic (exact) mass is 284 g/mol. The molecule has 0 amide bonds. The number of nitrogen functional groups attached to an aromatic ring is 1. The average Bonchev–Trinajstić information content (AvgIpc) is 2.87. The quantitative estimate of drug-likeness (QED) is 0.826. The molecule has 1 aromatic carbocycles. The summed E-state index contributed by atoms with van der Waals surface area (Å²) in [4.78, 5) is 8.39. The third-order valence-electron chi connectivity index (χ3n) is 3.66. The van der Waals surface area contributed by atoms with Crippen LogP contribution in [0.25, 0.3) is 0 Å². The highest BCUT2D eigenvalue weighted by molar-refractivity contribution is 5.50. The van der Waals surface area contributed by atoms with Crippen molar-refractivity contribution < 1.29 is 4.74 Å². The smallest absolute Gasteiger partial charge is 0.218 e. The largest absolute Gasteiger partial charge is 0.478 e. The first-order valence-corrected chi connectivity index (χ1v) is 7.36. The molecule has 2 aromatic rings. The molecule has 1 atom stereocenters. The molecule has 5 nitrogen and oxygen atoms in total. The summed E-state index contributed by atoms with van der Waals surface area (Å²) in [5, 5.41) is 3.46. The molecule has 21 heavy (non-hydrogen) atoms. The van der Waals surface area contributed by atoms with Crippen LogP contribution in [0.2, 0.25) is 0 Å². The molecule has 1 aliphatic carbocycles. The van der Waals surface area contributed by atoms with Crippen molar-refractivity contribution >= 4 is 11.5 Å². The third kappa shape index (κ3) is 3.07. The van der Waals surface area contributed by atoms with Gasteiger partial charge < -0.3 is 15.8 Å². The molecule has 0 bridgehead atoms. The van der Waals surface area contributed by atoms with Crippen molar-refractivity contribution in [3.05, 3.63) is 41.7 Å². The Labute approximate surface area is 124 Å². The molecule has 0 aliphatic heterocycles. The molecule has 110 valence electrons. The molecule has 1 unspecified atom stereocenters. The minimum Gasteiger partial charge on any atom is -0.478 e. The van der Waals surface area contributed by atoms with Gasteiger partial charge in [0.05, 0.1) is 12.6 Å². The van der Waals surface area contributed by atoms with E-state index in [0.29, 0.717) is 12.5 Å². The topological polar surface area (TPSA) is 73.1 Å². The molecule has 3 N–H and O–H groups in total. The summed E-state index contributed by atoms with van der Waals surface area (Å²) in [5.41, 5.74) is 9.29. The highest BCUT2D eigenvalue weighted by Gasteiger charge is 2.22. The number of rotatable bonds is 5. The summed E-state index contributed by atoms with van der Waals surface area (Å²) in [6.45, 7) is 2.74. The van der Waals surface area contributed by atoms with E-state index in [4.69, 9.17) is 10.5 Å². The number of benzene rings is 1. The van der Waals surface area contributed by atoms with Crippen molar-refractivity contribution in [3.63, 3.8) is 0 Å². The highest BCUT2D eigenvalue weighted by Crippen LogP contribution is 2.34. The van der Waals surface area contributed by atoms with Crippen LogP contribution in [0.15, 0.2) is 30.6 Å². The summed E-state index contributed by atoms with van der Waals surface area (Å²) in [6, 6.07) is 8.24. The summed E-state index contributed by atoms with van der Waals surface area (Å²) in [7, 11) is 0. The van der Waals surface area contributed by atoms with Crippen molar-refractivity contribution in [2.45, 2.75) is 32.2 Å². The zero-order valence-corrected chi connectivity index (χ0v) is 12.2. The number of nitrogens with one attached hydrogen (secondary N) is 1. The van der Waals surface area contributed by atoms with Crippen LogP contribution < -0.4 is 15.8 Å². The zero-order valence-electron chi connectivity index (χ0n) is 12.2. The van der Waals surface area contributed by atoms with Gasteiger partial charge in [-0.1, -0.05) is 13.0 Å². The van der Waals surface area contributed by atoms with Crippen LogP contribution in [0.3, 0.4) is 0 Å². The van der Waals surface area contributed by atoms with E-state index in [9.17, 15) is 0 Å². The molecule has 1 aromatic heterocycles. The summed E-state index contributed by atoms with van der Waals surface area (Å²) in [6.07, 6.45) is 4.59. The van der Waals surface area contributed by atoms with E-state index in [-0.39, 0.29) is 6.04 Å². The van der Waals surface area contributed by atoms with Crippen LogP contribution in [0.4, 0.5) is 11.5 Å². The second kappa shape index (κ2) is 5.99. The van der Waals surface area contributed by atoms with Crippen molar-refractivity contribution in [1.82, 2.24) is 9.97 Å². The Hall–Kier alpha value is -2.30. The van der Waals surface area contributed by atoms with Gasteiger partial charge in [-0.3, -0.25) is 0 Å².